The molecule has 0 aliphatic heterocycles. The molecule has 1 aromatic heterocycles. The molecule has 3 aromatic rings. The molecular formula is C20H17N3O5. The van der Waals surface area contributed by atoms with Crippen LogP contribution >= 0.6 is 0 Å². The van der Waals surface area contributed by atoms with Crippen molar-refractivity contribution in [1.82, 2.24) is 5.43 Å². The van der Waals surface area contributed by atoms with Crippen LogP contribution in [0.1, 0.15) is 12.5 Å². The minimum Gasteiger partial charge on any atom is -0.494 e. The topological polar surface area (TPSA) is 110 Å². The number of hydrazone groups is 1. The number of ether oxygens (including phenoxy) is 1. The van der Waals surface area contributed by atoms with Crippen LogP contribution < -0.4 is 20.9 Å². The number of hydrogen-bond donors (Lipinski definition) is 2. The Hall–Kier alpha value is -3.94. The summed E-state index contributed by atoms with van der Waals surface area (Å²) in [6.45, 7) is 2.39. The van der Waals surface area contributed by atoms with E-state index in [0.717, 1.165) is 6.21 Å². The molecule has 0 saturated heterocycles. The summed E-state index contributed by atoms with van der Waals surface area (Å²) >= 11 is 0. The summed E-state index contributed by atoms with van der Waals surface area (Å²) in [5.41, 5.74) is 2.80. The number of fused-ring (bicyclic) bond motifs is 1. The van der Waals surface area contributed by atoms with E-state index in [0.29, 0.717) is 29.0 Å². The number of rotatable bonds is 5. The number of nitrogens with one attached hydrogen (secondary N) is 2. The maximum absolute atomic E-state index is 12.3. The third-order valence-electron chi connectivity index (χ3n) is 3.71. The molecule has 8 heteroatoms. The molecule has 2 aromatic carbocycles. The highest BCUT2D eigenvalue weighted by Gasteiger charge is 2.13. The van der Waals surface area contributed by atoms with Crippen LogP contribution in [0, 0.1) is 0 Å². The van der Waals surface area contributed by atoms with Crippen molar-refractivity contribution in [1.29, 1.82) is 0 Å². The molecule has 8 nitrogen and oxygen atoms in total. The average molecular weight is 379 g/mol. The van der Waals surface area contributed by atoms with Crippen molar-refractivity contribution >= 4 is 34.7 Å². The van der Waals surface area contributed by atoms with Crippen LogP contribution in [0.15, 0.2) is 69.1 Å². The molecular weight excluding hydrogens is 362 g/mol. The number of hydrogen-bond acceptors (Lipinski definition) is 6. The lowest BCUT2D eigenvalue weighted by atomic mass is 10.2. The van der Waals surface area contributed by atoms with Gasteiger partial charge in [-0.1, -0.05) is 12.1 Å². The van der Waals surface area contributed by atoms with E-state index in [9.17, 15) is 14.4 Å². The lowest BCUT2D eigenvalue weighted by molar-refractivity contribution is -0.136. The monoisotopic (exact) mass is 379 g/mol. The minimum atomic E-state index is -0.977. The first-order valence-corrected chi connectivity index (χ1v) is 8.46. The first-order valence-electron chi connectivity index (χ1n) is 8.46. The van der Waals surface area contributed by atoms with Crippen LogP contribution in [-0.4, -0.2) is 24.6 Å². The lowest BCUT2D eigenvalue weighted by Crippen LogP contribution is -2.32. The number of carbonyl (C=O) groups excluding carboxylic acids is 2. The maximum Gasteiger partial charge on any atom is 0.329 e. The standard InChI is InChI=1S/C20H17N3O5/c1-2-27-15-9-7-14(8-10-15)22-19(25)20(26)23-21-11-13-12-28-17-6-4-3-5-16(17)18(13)24/h3-12H,2H2,1H3,(H,22,25)(H,23,26)/b21-11+. The Balaban J connectivity index is 1.61. The molecule has 0 bridgehead atoms. The van der Waals surface area contributed by atoms with Gasteiger partial charge in [0, 0.05) is 5.69 Å². The molecule has 28 heavy (non-hydrogen) atoms. The van der Waals surface area contributed by atoms with E-state index in [1.54, 1.807) is 48.5 Å². The molecule has 2 N–H and O–H groups in total. The molecule has 0 fully saturated rings. The van der Waals surface area contributed by atoms with Gasteiger partial charge in [0.2, 0.25) is 5.43 Å². The van der Waals surface area contributed by atoms with E-state index in [1.165, 1.54) is 6.26 Å². The Morgan fingerprint density at radius 2 is 1.86 bits per heavy atom. The summed E-state index contributed by atoms with van der Waals surface area (Å²) in [4.78, 5) is 36.0. The predicted molar refractivity (Wildman–Crippen MR) is 104 cm³/mol. The Bertz CT molecular complexity index is 1090. The van der Waals surface area contributed by atoms with Gasteiger partial charge in [0.15, 0.2) is 0 Å². The zero-order valence-corrected chi connectivity index (χ0v) is 15.0. The van der Waals surface area contributed by atoms with E-state index in [-0.39, 0.29) is 11.0 Å². The number of benzene rings is 2. The molecule has 142 valence electrons. The maximum atomic E-state index is 12.3. The first kappa shape index (κ1) is 18.8. The largest absolute Gasteiger partial charge is 0.494 e. The highest BCUT2D eigenvalue weighted by atomic mass is 16.5. The zero-order valence-electron chi connectivity index (χ0n) is 15.0. The third kappa shape index (κ3) is 4.42. The normalized spacial score (nSPS) is 10.8. The highest BCUT2D eigenvalue weighted by molar-refractivity contribution is 6.39. The molecule has 0 radical (unpaired) electrons. The summed E-state index contributed by atoms with van der Waals surface area (Å²) in [7, 11) is 0. The third-order valence-corrected chi connectivity index (χ3v) is 3.71. The molecule has 0 aliphatic rings. The molecule has 0 saturated carbocycles. The van der Waals surface area contributed by atoms with Gasteiger partial charge >= 0.3 is 11.8 Å². The van der Waals surface area contributed by atoms with Gasteiger partial charge in [-0.25, -0.2) is 5.43 Å². The Labute approximate surface area is 159 Å². The summed E-state index contributed by atoms with van der Waals surface area (Å²) in [6, 6.07) is 13.3. The van der Waals surface area contributed by atoms with Gasteiger partial charge in [-0.05, 0) is 43.3 Å². The second-order valence-corrected chi connectivity index (χ2v) is 5.63. The fraction of sp³-hybridized carbons (Fsp3) is 0.100. The van der Waals surface area contributed by atoms with Gasteiger partial charge in [0.25, 0.3) is 0 Å². The van der Waals surface area contributed by atoms with E-state index in [2.05, 4.69) is 15.8 Å². The van der Waals surface area contributed by atoms with Gasteiger partial charge in [0.05, 0.1) is 23.8 Å². The molecule has 3 rings (SSSR count). The smallest absolute Gasteiger partial charge is 0.329 e. The van der Waals surface area contributed by atoms with Crippen LogP contribution in [0.4, 0.5) is 5.69 Å². The lowest BCUT2D eigenvalue weighted by Gasteiger charge is -2.06. The van der Waals surface area contributed by atoms with E-state index < -0.39 is 11.8 Å². The van der Waals surface area contributed by atoms with Crippen LogP contribution in [0.25, 0.3) is 11.0 Å². The molecule has 0 spiro atoms. The second-order valence-electron chi connectivity index (χ2n) is 5.63. The number of para-hydroxylation sites is 1. The van der Waals surface area contributed by atoms with Gasteiger partial charge < -0.3 is 14.5 Å². The summed E-state index contributed by atoms with van der Waals surface area (Å²) in [5, 5.41) is 6.47. The summed E-state index contributed by atoms with van der Waals surface area (Å²) in [5.74, 6) is -1.22. The van der Waals surface area contributed by atoms with Crippen molar-refractivity contribution < 1.29 is 18.7 Å². The van der Waals surface area contributed by atoms with Crippen molar-refractivity contribution in [2.45, 2.75) is 6.92 Å². The van der Waals surface area contributed by atoms with Crippen molar-refractivity contribution in [2.75, 3.05) is 11.9 Å². The van der Waals surface area contributed by atoms with Gasteiger partial charge in [-0.3, -0.25) is 14.4 Å². The predicted octanol–water partition coefficient (Wildman–Crippen LogP) is 2.28. The van der Waals surface area contributed by atoms with Crippen molar-refractivity contribution in [3.63, 3.8) is 0 Å². The SMILES string of the molecule is CCOc1ccc(NC(=O)C(=O)N/N=C/c2coc3ccccc3c2=O)cc1. The second kappa shape index (κ2) is 8.63. The fourth-order valence-corrected chi connectivity index (χ4v) is 2.38. The van der Waals surface area contributed by atoms with Crippen LogP contribution in [-0.2, 0) is 9.59 Å². The fourth-order valence-electron chi connectivity index (χ4n) is 2.38. The molecule has 1 heterocycles. The zero-order chi connectivity index (χ0) is 19.9. The number of nitrogens with zero attached hydrogens (tertiary/aromatic N) is 1. The van der Waals surface area contributed by atoms with Gasteiger partial charge in [-0.2, -0.15) is 5.10 Å². The number of anilines is 1. The van der Waals surface area contributed by atoms with Crippen LogP contribution in [0.5, 0.6) is 5.75 Å². The van der Waals surface area contributed by atoms with Crippen LogP contribution in [0.2, 0.25) is 0 Å². The van der Waals surface area contributed by atoms with Gasteiger partial charge in [-0.15, -0.1) is 0 Å². The highest BCUT2D eigenvalue weighted by Crippen LogP contribution is 2.15. The average Bonchev–Trinajstić information content (AvgIpc) is 2.71. The summed E-state index contributed by atoms with van der Waals surface area (Å²) < 4.78 is 10.6. The molecule has 2 amide bonds. The Morgan fingerprint density at radius 3 is 2.61 bits per heavy atom. The molecule has 0 unspecified atom stereocenters. The quantitative estimate of drug-likeness (QED) is 0.401. The van der Waals surface area contributed by atoms with E-state index >= 15 is 0 Å². The van der Waals surface area contributed by atoms with E-state index in [4.69, 9.17) is 9.15 Å². The Kier molecular flexibility index (Phi) is 5.81. The van der Waals surface area contributed by atoms with Crippen LogP contribution in [0.3, 0.4) is 0 Å². The Morgan fingerprint density at radius 1 is 1.11 bits per heavy atom. The van der Waals surface area contributed by atoms with E-state index in [1.807, 2.05) is 6.92 Å². The van der Waals surface area contributed by atoms with Crippen molar-refractivity contribution in [3.05, 3.63) is 70.6 Å². The minimum absolute atomic E-state index is 0.144. The first-order chi connectivity index (χ1) is 13.6. The number of amides is 2. The van der Waals surface area contributed by atoms with Crippen molar-refractivity contribution in [2.24, 2.45) is 5.10 Å². The van der Waals surface area contributed by atoms with Gasteiger partial charge in [0.1, 0.15) is 17.6 Å². The summed E-state index contributed by atoms with van der Waals surface area (Å²) in [6.07, 6.45) is 2.36. The van der Waals surface area contributed by atoms with Crippen molar-refractivity contribution in [3.8, 4) is 5.75 Å². The molecule has 0 atom stereocenters. The molecule has 0 aliphatic carbocycles. The number of carbonyl (C=O) groups is 2.